The van der Waals surface area contributed by atoms with Crippen LogP contribution >= 0.6 is 35.7 Å². The molecular formula is C12H27IN4S. The molecule has 0 aromatic rings. The molecule has 0 aliphatic heterocycles. The molecule has 1 aliphatic rings. The topological polar surface area (TPSA) is 39.7 Å². The van der Waals surface area contributed by atoms with Crippen molar-refractivity contribution in [1.82, 2.24) is 15.5 Å². The van der Waals surface area contributed by atoms with E-state index in [0.29, 0.717) is 6.04 Å². The van der Waals surface area contributed by atoms with E-state index in [1.54, 1.807) is 0 Å². The molecule has 1 atom stereocenters. The molecule has 6 heteroatoms. The van der Waals surface area contributed by atoms with Crippen molar-refractivity contribution in [3.05, 3.63) is 0 Å². The maximum Gasteiger partial charge on any atom is 0.191 e. The first-order valence-electron chi connectivity index (χ1n) is 6.29. The summed E-state index contributed by atoms with van der Waals surface area (Å²) in [5, 5.41) is 6.74. The average Bonchev–Trinajstić information content (AvgIpc) is 3.11. The predicted octanol–water partition coefficient (Wildman–Crippen LogP) is 1.47. The lowest BCUT2D eigenvalue weighted by molar-refractivity contribution is 0.264. The molecule has 0 heterocycles. The molecule has 0 spiro atoms. The highest BCUT2D eigenvalue weighted by Crippen LogP contribution is 2.34. The highest BCUT2D eigenvalue weighted by Gasteiger charge is 2.32. The smallest absolute Gasteiger partial charge is 0.191 e. The van der Waals surface area contributed by atoms with Crippen LogP contribution in [-0.2, 0) is 0 Å². The van der Waals surface area contributed by atoms with Crippen molar-refractivity contribution in [3.63, 3.8) is 0 Å². The third-order valence-corrected chi connectivity index (χ3v) is 3.74. The Morgan fingerprint density at radius 2 is 2.06 bits per heavy atom. The first-order valence-corrected chi connectivity index (χ1v) is 7.68. The largest absolute Gasteiger partial charge is 0.356 e. The van der Waals surface area contributed by atoms with E-state index in [4.69, 9.17) is 0 Å². The van der Waals surface area contributed by atoms with Gasteiger partial charge in [-0.3, -0.25) is 4.99 Å². The Morgan fingerprint density at radius 1 is 1.39 bits per heavy atom. The lowest BCUT2D eigenvalue weighted by atomic mass is 10.1. The third-order valence-electron chi connectivity index (χ3n) is 3.13. The highest BCUT2D eigenvalue weighted by molar-refractivity contribution is 14.0. The van der Waals surface area contributed by atoms with Gasteiger partial charge in [-0.25, -0.2) is 0 Å². The molecule has 0 aromatic heterocycles. The van der Waals surface area contributed by atoms with Gasteiger partial charge in [-0.1, -0.05) is 0 Å². The molecule has 1 unspecified atom stereocenters. The first kappa shape index (κ1) is 18.3. The summed E-state index contributed by atoms with van der Waals surface area (Å²) in [5.41, 5.74) is 0. The summed E-state index contributed by atoms with van der Waals surface area (Å²) in [5.74, 6) is 2.91. The number of hydrogen-bond acceptors (Lipinski definition) is 3. The van der Waals surface area contributed by atoms with Gasteiger partial charge in [0.05, 0.1) is 0 Å². The van der Waals surface area contributed by atoms with Crippen LogP contribution in [0.15, 0.2) is 4.99 Å². The van der Waals surface area contributed by atoms with Crippen molar-refractivity contribution in [2.24, 2.45) is 10.9 Å². The molecule has 4 nitrogen and oxygen atoms in total. The molecule has 1 fully saturated rings. The molecule has 0 radical (unpaired) electrons. The molecule has 2 N–H and O–H groups in total. The molecule has 1 aliphatic carbocycles. The minimum Gasteiger partial charge on any atom is -0.356 e. The van der Waals surface area contributed by atoms with Crippen LogP contribution in [0.2, 0.25) is 0 Å². The van der Waals surface area contributed by atoms with Crippen LogP contribution in [0.4, 0.5) is 0 Å². The van der Waals surface area contributed by atoms with Crippen molar-refractivity contribution in [2.45, 2.75) is 18.9 Å². The molecule has 108 valence electrons. The van der Waals surface area contributed by atoms with Crippen LogP contribution in [0.25, 0.3) is 0 Å². The van der Waals surface area contributed by atoms with E-state index < -0.39 is 0 Å². The molecular weight excluding hydrogens is 359 g/mol. The molecule has 1 saturated carbocycles. The maximum atomic E-state index is 4.24. The number of nitrogens with zero attached hydrogens (tertiary/aromatic N) is 2. The zero-order valence-electron chi connectivity index (χ0n) is 11.9. The fraction of sp³-hybridized carbons (Fsp3) is 0.917. The van der Waals surface area contributed by atoms with Crippen LogP contribution in [0.1, 0.15) is 12.8 Å². The quantitative estimate of drug-likeness (QED) is 0.301. The number of aliphatic imine (C=N–C) groups is 1. The number of halogens is 1. The van der Waals surface area contributed by atoms with E-state index in [1.807, 2.05) is 18.8 Å². The van der Waals surface area contributed by atoms with Gasteiger partial charge >= 0.3 is 0 Å². The van der Waals surface area contributed by atoms with Gasteiger partial charge in [0.1, 0.15) is 0 Å². The number of thioether (sulfide) groups is 1. The summed E-state index contributed by atoms with van der Waals surface area (Å²) >= 11 is 1.84. The van der Waals surface area contributed by atoms with Crippen molar-refractivity contribution in [2.75, 3.05) is 46.2 Å². The van der Waals surface area contributed by atoms with E-state index in [1.165, 1.54) is 12.8 Å². The van der Waals surface area contributed by atoms with E-state index in [-0.39, 0.29) is 24.0 Å². The lowest BCUT2D eigenvalue weighted by Gasteiger charge is -2.25. The number of nitrogens with one attached hydrogen (secondary N) is 2. The van der Waals surface area contributed by atoms with Crippen LogP contribution < -0.4 is 10.6 Å². The Balaban J connectivity index is 0.00000289. The van der Waals surface area contributed by atoms with Gasteiger partial charge < -0.3 is 15.5 Å². The van der Waals surface area contributed by atoms with Gasteiger partial charge in [-0.15, -0.1) is 24.0 Å². The van der Waals surface area contributed by atoms with E-state index >= 15 is 0 Å². The van der Waals surface area contributed by atoms with Crippen molar-refractivity contribution >= 4 is 41.7 Å². The molecule has 0 aromatic carbocycles. The second kappa shape index (κ2) is 10.1. The monoisotopic (exact) mass is 386 g/mol. The molecule has 1 rings (SSSR count). The minimum atomic E-state index is 0. The Bertz CT molecular complexity index is 242. The summed E-state index contributed by atoms with van der Waals surface area (Å²) in [4.78, 5) is 6.56. The summed E-state index contributed by atoms with van der Waals surface area (Å²) in [6.07, 6.45) is 4.87. The second-order valence-electron chi connectivity index (χ2n) is 4.74. The summed E-state index contributed by atoms with van der Waals surface area (Å²) in [6.45, 7) is 1.95. The SMILES string of the molecule is CN=C(NCCSC)NCC(C1CC1)N(C)C.I. The van der Waals surface area contributed by atoms with E-state index in [2.05, 4.69) is 40.9 Å². The fourth-order valence-corrected chi connectivity index (χ4v) is 2.25. The van der Waals surface area contributed by atoms with E-state index in [0.717, 1.165) is 30.7 Å². The number of rotatable bonds is 7. The second-order valence-corrected chi connectivity index (χ2v) is 5.73. The maximum absolute atomic E-state index is 4.24. The van der Waals surface area contributed by atoms with Gasteiger partial charge in [0.2, 0.25) is 0 Å². The molecule has 0 amide bonds. The van der Waals surface area contributed by atoms with Gasteiger partial charge in [-0.2, -0.15) is 11.8 Å². The van der Waals surface area contributed by atoms with Gasteiger partial charge in [0, 0.05) is 31.9 Å². The van der Waals surface area contributed by atoms with Crippen LogP contribution in [0.5, 0.6) is 0 Å². The lowest BCUT2D eigenvalue weighted by Crippen LogP contribution is -2.46. The standard InChI is InChI=1S/C12H26N4S.HI/c1-13-12(14-7-8-17-4)15-9-11(16(2)3)10-5-6-10;/h10-11H,5-9H2,1-4H3,(H2,13,14,15);1H. The molecule has 0 bridgehead atoms. The average molecular weight is 386 g/mol. The van der Waals surface area contributed by atoms with Crippen LogP contribution in [0.3, 0.4) is 0 Å². The Kier molecular flexibility index (Phi) is 10.3. The zero-order chi connectivity index (χ0) is 12.7. The van der Waals surface area contributed by atoms with E-state index in [9.17, 15) is 0 Å². The normalized spacial score (nSPS) is 17.3. The summed E-state index contributed by atoms with van der Waals surface area (Å²) < 4.78 is 0. The Labute approximate surface area is 133 Å². The van der Waals surface area contributed by atoms with Crippen molar-refractivity contribution in [3.8, 4) is 0 Å². The molecule has 0 saturated heterocycles. The number of guanidine groups is 1. The summed E-state index contributed by atoms with van der Waals surface area (Å²) in [7, 11) is 6.15. The predicted molar refractivity (Wildman–Crippen MR) is 93.4 cm³/mol. The zero-order valence-corrected chi connectivity index (χ0v) is 15.0. The van der Waals surface area contributed by atoms with Crippen molar-refractivity contribution in [1.29, 1.82) is 0 Å². The van der Waals surface area contributed by atoms with Gasteiger partial charge in [0.15, 0.2) is 5.96 Å². The van der Waals surface area contributed by atoms with Gasteiger partial charge in [-0.05, 0) is 39.1 Å². The third kappa shape index (κ3) is 7.04. The van der Waals surface area contributed by atoms with Crippen LogP contribution in [0, 0.1) is 5.92 Å². The first-order chi connectivity index (χ1) is 8.19. The Hall–Kier alpha value is 0.310. The summed E-state index contributed by atoms with van der Waals surface area (Å²) in [6, 6.07) is 0.633. The highest BCUT2D eigenvalue weighted by atomic mass is 127. The number of hydrogen-bond donors (Lipinski definition) is 2. The molecule has 18 heavy (non-hydrogen) atoms. The van der Waals surface area contributed by atoms with Gasteiger partial charge in [0.25, 0.3) is 0 Å². The van der Waals surface area contributed by atoms with Crippen molar-refractivity contribution < 1.29 is 0 Å². The number of likely N-dealkylation sites (N-methyl/N-ethyl adjacent to an activating group) is 1. The Morgan fingerprint density at radius 3 is 2.50 bits per heavy atom. The minimum absolute atomic E-state index is 0. The fourth-order valence-electron chi connectivity index (χ4n) is 1.95. The van der Waals surface area contributed by atoms with Crippen LogP contribution in [-0.4, -0.2) is 63.1 Å².